The number of hydrogen-bond acceptors (Lipinski definition) is 3. The molecule has 0 atom stereocenters. The van der Waals surface area contributed by atoms with Crippen LogP contribution in [0.25, 0.3) is 10.9 Å². The normalized spacial score (nSPS) is 10.5. The Kier molecular flexibility index (Phi) is 5.40. The van der Waals surface area contributed by atoms with Gasteiger partial charge in [0.1, 0.15) is 5.75 Å². The Bertz CT molecular complexity index is 803. The van der Waals surface area contributed by atoms with Gasteiger partial charge in [0.05, 0.1) is 5.52 Å². The minimum atomic E-state index is -0.102. The Hall–Kier alpha value is -2.88. The van der Waals surface area contributed by atoms with Crippen LogP contribution in [0.15, 0.2) is 66.9 Å². The van der Waals surface area contributed by atoms with Gasteiger partial charge in [-0.05, 0) is 42.7 Å². The summed E-state index contributed by atoms with van der Waals surface area (Å²) in [6.07, 6.45) is 3.63. The van der Waals surface area contributed by atoms with Gasteiger partial charge in [-0.3, -0.25) is 9.78 Å². The first kappa shape index (κ1) is 16.0. The lowest BCUT2D eigenvalue weighted by Crippen LogP contribution is -2.29. The molecule has 0 bridgehead atoms. The minimum absolute atomic E-state index is 0.0249. The molecule has 0 spiro atoms. The maximum atomic E-state index is 11.8. The molecule has 4 heteroatoms. The zero-order valence-electron chi connectivity index (χ0n) is 13.4. The molecule has 0 saturated carbocycles. The second-order valence-corrected chi connectivity index (χ2v) is 5.59. The fourth-order valence-electron chi connectivity index (χ4n) is 2.51. The maximum Gasteiger partial charge on any atom is 0.257 e. The quantitative estimate of drug-likeness (QED) is 0.679. The van der Waals surface area contributed by atoms with E-state index in [2.05, 4.69) is 22.4 Å². The predicted octanol–water partition coefficient (Wildman–Crippen LogP) is 3.36. The van der Waals surface area contributed by atoms with Crippen molar-refractivity contribution in [2.45, 2.75) is 12.8 Å². The van der Waals surface area contributed by atoms with E-state index in [0.29, 0.717) is 12.3 Å². The summed E-state index contributed by atoms with van der Waals surface area (Å²) in [4.78, 5) is 16.1. The van der Waals surface area contributed by atoms with Crippen LogP contribution < -0.4 is 10.1 Å². The van der Waals surface area contributed by atoms with E-state index in [9.17, 15) is 4.79 Å². The second kappa shape index (κ2) is 8.11. The Morgan fingerprint density at radius 2 is 1.92 bits per heavy atom. The van der Waals surface area contributed by atoms with Crippen molar-refractivity contribution in [1.29, 1.82) is 0 Å². The van der Waals surface area contributed by atoms with Gasteiger partial charge in [-0.2, -0.15) is 0 Å². The first-order valence-electron chi connectivity index (χ1n) is 8.09. The van der Waals surface area contributed by atoms with Gasteiger partial charge in [0, 0.05) is 18.1 Å². The molecule has 3 rings (SSSR count). The molecule has 0 fully saturated rings. The number of aromatic nitrogens is 1. The predicted molar refractivity (Wildman–Crippen MR) is 95.0 cm³/mol. The SMILES string of the molecule is O=C(COc1ccc2ncccc2c1)NCCCc1ccccc1. The van der Waals surface area contributed by atoms with Crippen molar-refractivity contribution in [3.8, 4) is 5.75 Å². The summed E-state index contributed by atoms with van der Waals surface area (Å²) < 4.78 is 5.55. The van der Waals surface area contributed by atoms with E-state index in [1.54, 1.807) is 6.20 Å². The Balaban J connectivity index is 1.40. The number of fused-ring (bicyclic) bond motifs is 1. The molecule has 0 aliphatic rings. The number of rotatable bonds is 7. The molecule has 1 aromatic heterocycles. The topological polar surface area (TPSA) is 51.2 Å². The molecule has 0 aliphatic heterocycles. The van der Waals surface area contributed by atoms with Crippen LogP contribution in [0.2, 0.25) is 0 Å². The standard InChI is InChI=1S/C20H20N2O2/c23-20(22-13-4-8-16-6-2-1-3-7-16)15-24-18-10-11-19-17(14-18)9-5-12-21-19/h1-3,5-7,9-12,14H,4,8,13,15H2,(H,22,23). The number of carbonyl (C=O) groups is 1. The van der Waals surface area contributed by atoms with E-state index in [0.717, 1.165) is 23.7 Å². The van der Waals surface area contributed by atoms with E-state index in [1.807, 2.05) is 48.5 Å². The summed E-state index contributed by atoms with van der Waals surface area (Å²) in [5, 5.41) is 3.88. The lowest BCUT2D eigenvalue weighted by molar-refractivity contribution is -0.123. The zero-order valence-corrected chi connectivity index (χ0v) is 13.4. The molecular formula is C20H20N2O2. The summed E-state index contributed by atoms with van der Waals surface area (Å²) in [6.45, 7) is 0.676. The van der Waals surface area contributed by atoms with E-state index < -0.39 is 0 Å². The van der Waals surface area contributed by atoms with Gasteiger partial charge in [0.25, 0.3) is 5.91 Å². The number of pyridine rings is 1. The van der Waals surface area contributed by atoms with Gasteiger partial charge < -0.3 is 10.1 Å². The summed E-state index contributed by atoms with van der Waals surface area (Å²) in [5.74, 6) is 0.573. The van der Waals surface area contributed by atoms with Crippen LogP contribution in [0.3, 0.4) is 0 Å². The average Bonchev–Trinajstić information content (AvgIpc) is 2.64. The number of nitrogens with one attached hydrogen (secondary N) is 1. The van der Waals surface area contributed by atoms with Crippen molar-refractivity contribution >= 4 is 16.8 Å². The molecule has 122 valence electrons. The van der Waals surface area contributed by atoms with Crippen molar-refractivity contribution in [2.75, 3.05) is 13.2 Å². The van der Waals surface area contributed by atoms with E-state index in [4.69, 9.17) is 4.74 Å². The summed E-state index contributed by atoms with van der Waals surface area (Å²) in [6, 6.07) is 19.7. The number of aryl methyl sites for hydroxylation is 1. The average molecular weight is 320 g/mol. The molecule has 2 aromatic carbocycles. The first-order chi connectivity index (χ1) is 11.8. The number of carbonyl (C=O) groups excluding carboxylic acids is 1. The van der Waals surface area contributed by atoms with Crippen LogP contribution in [-0.2, 0) is 11.2 Å². The van der Waals surface area contributed by atoms with Crippen LogP contribution >= 0.6 is 0 Å². The van der Waals surface area contributed by atoms with Gasteiger partial charge in [-0.1, -0.05) is 36.4 Å². The van der Waals surface area contributed by atoms with Gasteiger partial charge in [-0.25, -0.2) is 0 Å². The Morgan fingerprint density at radius 1 is 1.04 bits per heavy atom. The molecule has 0 radical (unpaired) electrons. The van der Waals surface area contributed by atoms with Crippen molar-refractivity contribution in [3.05, 3.63) is 72.4 Å². The van der Waals surface area contributed by atoms with Gasteiger partial charge >= 0.3 is 0 Å². The first-order valence-corrected chi connectivity index (χ1v) is 8.09. The highest BCUT2D eigenvalue weighted by molar-refractivity contribution is 5.80. The zero-order chi connectivity index (χ0) is 16.6. The highest BCUT2D eigenvalue weighted by atomic mass is 16.5. The Labute approximate surface area is 141 Å². The molecule has 1 N–H and O–H groups in total. The van der Waals surface area contributed by atoms with Gasteiger partial charge in [0.2, 0.25) is 0 Å². The minimum Gasteiger partial charge on any atom is -0.484 e. The fourth-order valence-corrected chi connectivity index (χ4v) is 2.51. The molecule has 1 amide bonds. The monoisotopic (exact) mass is 320 g/mol. The molecule has 1 heterocycles. The van der Waals surface area contributed by atoms with Crippen LogP contribution in [0.4, 0.5) is 0 Å². The largest absolute Gasteiger partial charge is 0.484 e. The number of nitrogens with zero attached hydrogens (tertiary/aromatic N) is 1. The van der Waals surface area contributed by atoms with Crippen LogP contribution in [0.1, 0.15) is 12.0 Å². The van der Waals surface area contributed by atoms with Crippen LogP contribution in [0.5, 0.6) is 5.75 Å². The molecule has 0 aliphatic carbocycles. The molecular weight excluding hydrogens is 300 g/mol. The highest BCUT2D eigenvalue weighted by Gasteiger charge is 2.03. The van der Waals surface area contributed by atoms with E-state index >= 15 is 0 Å². The van der Waals surface area contributed by atoms with Crippen molar-refractivity contribution in [3.63, 3.8) is 0 Å². The van der Waals surface area contributed by atoms with Gasteiger partial charge in [0.15, 0.2) is 6.61 Å². The molecule has 3 aromatic rings. The van der Waals surface area contributed by atoms with Gasteiger partial charge in [-0.15, -0.1) is 0 Å². The lowest BCUT2D eigenvalue weighted by Gasteiger charge is -2.08. The molecule has 4 nitrogen and oxygen atoms in total. The third-order valence-corrected chi connectivity index (χ3v) is 3.75. The van der Waals surface area contributed by atoms with Crippen molar-refractivity contribution < 1.29 is 9.53 Å². The number of amides is 1. The summed E-state index contributed by atoms with van der Waals surface area (Å²) in [5.41, 5.74) is 2.20. The lowest BCUT2D eigenvalue weighted by atomic mass is 10.1. The summed E-state index contributed by atoms with van der Waals surface area (Å²) >= 11 is 0. The smallest absolute Gasteiger partial charge is 0.257 e. The van der Waals surface area contributed by atoms with Crippen molar-refractivity contribution in [1.82, 2.24) is 10.3 Å². The molecule has 24 heavy (non-hydrogen) atoms. The third-order valence-electron chi connectivity index (χ3n) is 3.75. The highest BCUT2D eigenvalue weighted by Crippen LogP contribution is 2.18. The summed E-state index contributed by atoms with van der Waals surface area (Å²) in [7, 11) is 0. The third kappa shape index (κ3) is 4.56. The van der Waals surface area contributed by atoms with E-state index in [-0.39, 0.29) is 12.5 Å². The number of hydrogen-bond donors (Lipinski definition) is 1. The maximum absolute atomic E-state index is 11.8. The molecule has 0 unspecified atom stereocenters. The fraction of sp³-hybridized carbons (Fsp3) is 0.200. The van der Waals surface area contributed by atoms with Crippen LogP contribution in [0, 0.1) is 0 Å². The Morgan fingerprint density at radius 3 is 2.79 bits per heavy atom. The number of benzene rings is 2. The van der Waals surface area contributed by atoms with Crippen molar-refractivity contribution in [2.24, 2.45) is 0 Å². The van der Waals surface area contributed by atoms with Crippen LogP contribution in [-0.4, -0.2) is 24.0 Å². The molecule has 0 saturated heterocycles. The number of ether oxygens (including phenoxy) is 1. The van der Waals surface area contributed by atoms with E-state index in [1.165, 1.54) is 5.56 Å². The second-order valence-electron chi connectivity index (χ2n) is 5.59.